The first-order valence-electron chi connectivity index (χ1n) is 7.30. The van der Waals surface area contributed by atoms with Crippen LogP contribution in [-0.2, 0) is 0 Å². The van der Waals surface area contributed by atoms with E-state index in [-0.39, 0.29) is 5.82 Å². The van der Waals surface area contributed by atoms with Crippen molar-refractivity contribution in [2.75, 3.05) is 26.2 Å². The van der Waals surface area contributed by atoms with Crippen LogP contribution >= 0.6 is 0 Å². The molecular formula is C17H17F3N2. The molecule has 1 heterocycles. The van der Waals surface area contributed by atoms with Crippen LogP contribution in [0.1, 0.15) is 17.2 Å². The molecule has 2 nitrogen and oxygen atoms in total. The summed E-state index contributed by atoms with van der Waals surface area (Å²) in [7, 11) is 0. The summed E-state index contributed by atoms with van der Waals surface area (Å²) in [5.74, 6) is -1.58. The molecule has 22 heavy (non-hydrogen) atoms. The molecule has 3 rings (SSSR count). The third-order valence-corrected chi connectivity index (χ3v) is 3.94. The molecule has 0 saturated carbocycles. The molecule has 1 unspecified atom stereocenters. The Morgan fingerprint density at radius 3 is 2.32 bits per heavy atom. The molecule has 1 N–H and O–H groups in total. The zero-order valence-corrected chi connectivity index (χ0v) is 12.0. The maximum Gasteiger partial charge on any atom is 0.131 e. The molecule has 1 fully saturated rings. The van der Waals surface area contributed by atoms with Crippen LogP contribution < -0.4 is 5.32 Å². The summed E-state index contributed by atoms with van der Waals surface area (Å²) >= 11 is 0. The van der Waals surface area contributed by atoms with Crippen molar-refractivity contribution in [2.45, 2.75) is 6.04 Å². The fraction of sp³-hybridized carbons (Fsp3) is 0.294. The van der Waals surface area contributed by atoms with Crippen molar-refractivity contribution in [3.63, 3.8) is 0 Å². The predicted octanol–water partition coefficient (Wildman–Crippen LogP) is 3.10. The number of nitrogens with one attached hydrogen (secondary N) is 1. The lowest BCUT2D eigenvalue weighted by Gasteiger charge is -2.35. The van der Waals surface area contributed by atoms with E-state index in [1.54, 1.807) is 12.1 Å². The van der Waals surface area contributed by atoms with Crippen LogP contribution in [0.5, 0.6) is 0 Å². The summed E-state index contributed by atoms with van der Waals surface area (Å²) in [5.41, 5.74) is 1.04. The Morgan fingerprint density at radius 2 is 1.64 bits per heavy atom. The van der Waals surface area contributed by atoms with Gasteiger partial charge in [-0.3, -0.25) is 4.90 Å². The standard InChI is InChI=1S/C17H17F3N2/c18-13-3-1-2-12(10-13)17(22-8-6-21-7-9-22)15-5-4-14(19)11-16(15)20/h1-5,10-11,17,21H,6-9H2. The van der Waals surface area contributed by atoms with E-state index in [4.69, 9.17) is 0 Å². The van der Waals surface area contributed by atoms with Gasteiger partial charge in [0.2, 0.25) is 0 Å². The molecule has 0 bridgehead atoms. The molecule has 1 aliphatic heterocycles. The van der Waals surface area contributed by atoms with Crippen molar-refractivity contribution >= 4 is 0 Å². The Bertz CT molecular complexity index is 654. The van der Waals surface area contributed by atoms with Gasteiger partial charge in [0.1, 0.15) is 17.5 Å². The van der Waals surface area contributed by atoms with Crippen molar-refractivity contribution in [3.8, 4) is 0 Å². The second-order valence-electron chi connectivity index (χ2n) is 5.41. The van der Waals surface area contributed by atoms with E-state index in [0.717, 1.165) is 32.2 Å². The Kier molecular flexibility index (Phi) is 4.45. The highest BCUT2D eigenvalue weighted by Crippen LogP contribution is 2.31. The van der Waals surface area contributed by atoms with Gasteiger partial charge in [-0.15, -0.1) is 0 Å². The van der Waals surface area contributed by atoms with E-state index in [1.165, 1.54) is 24.3 Å². The first kappa shape index (κ1) is 15.1. The molecule has 0 aliphatic carbocycles. The molecule has 0 radical (unpaired) electrons. The van der Waals surface area contributed by atoms with E-state index >= 15 is 0 Å². The number of nitrogens with zero attached hydrogens (tertiary/aromatic N) is 1. The third kappa shape index (κ3) is 3.15. The van der Waals surface area contributed by atoms with Crippen LogP contribution in [-0.4, -0.2) is 31.1 Å². The summed E-state index contributed by atoms with van der Waals surface area (Å²) < 4.78 is 41.1. The Labute approximate surface area is 127 Å². The summed E-state index contributed by atoms with van der Waals surface area (Å²) in [5, 5.41) is 3.24. The fourth-order valence-electron chi connectivity index (χ4n) is 2.93. The summed E-state index contributed by atoms with van der Waals surface area (Å²) in [6.07, 6.45) is 0. The van der Waals surface area contributed by atoms with Crippen LogP contribution in [0.4, 0.5) is 13.2 Å². The SMILES string of the molecule is Fc1cccc(C(c2ccc(F)cc2F)N2CCNCC2)c1. The van der Waals surface area contributed by atoms with Crippen LogP contribution in [0, 0.1) is 17.5 Å². The van der Waals surface area contributed by atoms with Gasteiger partial charge in [0.15, 0.2) is 0 Å². The average molecular weight is 306 g/mol. The van der Waals surface area contributed by atoms with Gasteiger partial charge < -0.3 is 5.32 Å². The van der Waals surface area contributed by atoms with Gasteiger partial charge in [-0.25, -0.2) is 13.2 Å². The molecule has 0 aromatic heterocycles. The minimum absolute atomic E-state index is 0.361. The number of hydrogen-bond donors (Lipinski definition) is 1. The lowest BCUT2D eigenvalue weighted by Crippen LogP contribution is -2.45. The quantitative estimate of drug-likeness (QED) is 0.937. The molecule has 1 aliphatic rings. The molecule has 2 aromatic carbocycles. The van der Waals surface area contributed by atoms with Crippen LogP contribution in [0.2, 0.25) is 0 Å². The topological polar surface area (TPSA) is 15.3 Å². The van der Waals surface area contributed by atoms with Gasteiger partial charge >= 0.3 is 0 Å². The zero-order chi connectivity index (χ0) is 15.5. The molecule has 2 aromatic rings. The molecule has 0 spiro atoms. The maximum absolute atomic E-state index is 14.3. The predicted molar refractivity (Wildman–Crippen MR) is 79.0 cm³/mol. The lowest BCUT2D eigenvalue weighted by molar-refractivity contribution is 0.195. The normalized spacial score (nSPS) is 17.4. The van der Waals surface area contributed by atoms with Gasteiger partial charge in [0, 0.05) is 37.8 Å². The summed E-state index contributed by atoms with van der Waals surface area (Å²) in [4.78, 5) is 2.08. The van der Waals surface area contributed by atoms with Crippen molar-refractivity contribution in [3.05, 3.63) is 71.0 Å². The third-order valence-electron chi connectivity index (χ3n) is 3.94. The highest BCUT2D eigenvalue weighted by Gasteiger charge is 2.26. The summed E-state index contributed by atoms with van der Waals surface area (Å²) in [6, 6.07) is 9.31. The number of halogens is 3. The molecule has 0 amide bonds. The number of benzene rings is 2. The van der Waals surface area contributed by atoms with Crippen molar-refractivity contribution in [1.82, 2.24) is 10.2 Å². The highest BCUT2D eigenvalue weighted by molar-refractivity contribution is 5.33. The van der Waals surface area contributed by atoms with E-state index in [0.29, 0.717) is 11.1 Å². The minimum atomic E-state index is -0.612. The van der Waals surface area contributed by atoms with Crippen molar-refractivity contribution in [2.24, 2.45) is 0 Å². The lowest BCUT2D eigenvalue weighted by atomic mass is 9.95. The van der Waals surface area contributed by atoms with Crippen LogP contribution in [0.25, 0.3) is 0 Å². The molecule has 116 valence electrons. The van der Waals surface area contributed by atoms with E-state index in [9.17, 15) is 13.2 Å². The van der Waals surface area contributed by atoms with Gasteiger partial charge in [-0.1, -0.05) is 18.2 Å². The van der Waals surface area contributed by atoms with E-state index < -0.39 is 17.7 Å². The Morgan fingerprint density at radius 1 is 0.909 bits per heavy atom. The van der Waals surface area contributed by atoms with Crippen LogP contribution in [0.3, 0.4) is 0 Å². The molecule has 1 atom stereocenters. The Hall–Kier alpha value is -1.85. The zero-order valence-electron chi connectivity index (χ0n) is 12.0. The minimum Gasteiger partial charge on any atom is -0.314 e. The molecule has 5 heteroatoms. The van der Waals surface area contributed by atoms with E-state index in [2.05, 4.69) is 10.2 Å². The maximum atomic E-state index is 14.3. The number of piperazine rings is 1. The monoisotopic (exact) mass is 306 g/mol. The fourth-order valence-corrected chi connectivity index (χ4v) is 2.93. The second kappa shape index (κ2) is 6.50. The van der Waals surface area contributed by atoms with Gasteiger partial charge in [0.05, 0.1) is 6.04 Å². The van der Waals surface area contributed by atoms with E-state index in [1.807, 2.05) is 0 Å². The number of rotatable bonds is 3. The molecule has 1 saturated heterocycles. The second-order valence-corrected chi connectivity index (χ2v) is 5.41. The smallest absolute Gasteiger partial charge is 0.131 e. The molecular weight excluding hydrogens is 289 g/mol. The first-order chi connectivity index (χ1) is 10.6. The van der Waals surface area contributed by atoms with Crippen molar-refractivity contribution in [1.29, 1.82) is 0 Å². The van der Waals surface area contributed by atoms with Gasteiger partial charge in [-0.05, 0) is 23.8 Å². The van der Waals surface area contributed by atoms with Crippen LogP contribution in [0.15, 0.2) is 42.5 Å². The largest absolute Gasteiger partial charge is 0.314 e. The first-order valence-corrected chi connectivity index (χ1v) is 7.30. The Balaban J connectivity index is 2.05. The highest BCUT2D eigenvalue weighted by atomic mass is 19.1. The number of hydrogen-bond acceptors (Lipinski definition) is 2. The summed E-state index contributed by atoms with van der Waals surface area (Å²) in [6.45, 7) is 3.01. The van der Waals surface area contributed by atoms with Gasteiger partial charge in [0.25, 0.3) is 0 Å². The van der Waals surface area contributed by atoms with Crippen molar-refractivity contribution < 1.29 is 13.2 Å². The van der Waals surface area contributed by atoms with Gasteiger partial charge in [-0.2, -0.15) is 0 Å². The average Bonchev–Trinajstić information content (AvgIpc) is 2.51.